The predicted molar refractivity (Wildman–Crippen MR) is 111 cm³/mol. The summed E-state index contributed by atoms with van der Waals surface area (Å²) < 4.78 is 1.40. The van der Waals surface area contributed by atoms with Crippen LogP contribution < -0.4 is 10.6 Å². The monoisotopic (exact) mass is 416 g/mol. The van der Waals surface area contributed by atoms with Gasteiger partial charge in [0.15, 0.2) is 5.69 Å². The number of nitrogens with one attached hydrogen (secondary N) is 2. The third kappa shape index (κ3) is 4.52. The lowest BCUT2D eigenvalue weighted by atomic mass is 10.2. The van der Waals surface area contributed by atoms with Gasteiger partial charge in [0.1, 0.15) is 6.54 Å². The van der Waals surface area contributed by atoms with Gasteiger partial charge in [-0.05, 0) is 55.3 Å². The first-order chi connectivity index (χ1) is 13.3. The number of carbonyl (C=O) groups excluding carboxylic acids is 2. The van der Waals surface area contributed by atoms with Crippen LogP contribution in [0.4, 0.5) is 11.4 Å². The largest absolute Gasteiger partial charge is 0.324 e. The number of hydrogen-bond acceptors (Lipinski definition) is 3. The summed E-state index contributed by atoms with van der Waals surface area (Å²) >= 11 is 12.1. The first-order valence-electron chi connectivity index (χ1n) is 8.50. The minimum atomic E-state index is -0.379. The maximum Gasteiger partial charge on any atom is 0.276 e. The highest BCUT2D eigenvalue weighted by molar-refractivity contribution is 6.32. The van der Waals surface area contributed by atoms with Crippen molar-refractivity contribution >= 4 is 46.4 Å². The van der Waals surface area contributed by atoms with E-state index >= 15 is 0 Å². The average Bonchev–Trinajstić information content (AvgIpc) is 3.11. The van der Waals surface area contributed by atoms with Gasteiger partial charge in [0.05, 0.1) is 0 Å². The normalized spacial score (nSPS) is 10.6. The van der Waals surface area contributed by atoms with Crippen molar-refractivity contribution in [3.63, 3.8) is 0 Å². The number of halogens is 2. The van der Waals surface area contributed by atoms with Gasteiger partial charge >= 0.3 is 0 Å². The Bertz CT molecular complexity index is 1050. The van der Waals surface area contributed by atoms with E-state index in [1.807, 2.05) is 13.8 Å². The van der Waals surface area contributed by atoms with E-state index in [2.05, 4.69) is 15.7 Å². The van der Waals surface area contributed by atoms with Crippen molar-refractivity contribution in [1.29, 1.82) is 0 Å². The molecule has 0 saturated heterocycles. The molecular formula is C20H18Cl2N4O2. The molecule has 3 rings (SSSR count). The SMILES string of the molecule is Cc1c(Cl)cccc1NC(=O)Cn1ccc(C(=O)Nc2cccc(Cl)c2C)n1. The fourth-order valence-corrected chi connectivity index (χ4v) is 2.93. The second-order valence-corrected chi connectivity index (χ2v) is 7.04. The van der Waals surface area contributed by atoms with E-state index < -0.39 is 0 Å². The summed E-state index contributed by atoms with van der Waals surface area (Å²) in [6, 6.07) is 12.1. The summed E-state index contributed by atoms with van der Waals surface area (Å²) in [7, 11) is 0. The molecule has 28 heavy (non-hydrogen) atoms. The summed E-state index contributed by atoms with van der Waals surface area (Å²) in [6.45, 7) is 3.61. The Morgan fingerprint density at radius 1 is 0.929 bits per heavy atom. The van der Waals surface area contributed by atoms with Crippen molar-refractivity contribution in [1.82, 2.24) is 9.78 Å². The first kappa shape index (κ1) is 19.9. The zero-order valence-corrected chi connectivity index (χ0v) is 16.8. The van der Waals surface area contributed by atoms with Crippen LogP contribution >= 0.6 is 23.2 Å². The zero-order chi connectivity index (χ0) is 20.3. The Balaban J connectivity index is 1.65. The molecule has 0 spiro atoms. The molecule has 0 bridgehead atoms. The molecule has 0 atom stereocenters. The molecule has 8 heteroatoms. The second-order valence-electron chi connectivity index (χ2n) is 6.23. The Labute approximate surface area is 172 Å². The van der Waals surface area contributed by atoms with Gasteiger partial charge in [0.2, 0.25) is 5.91 Å². The van der Waals surface area contributed by atoms with Crippen LogP contribution in [0.2, 0.25) is 10.0 Å². The van der Waals surface area contributed by atoms with Crippen molar-refractivity contribution in [3.05, 3.63) is 75.5 Å². The molecule has 144 valence electrons. The zero-order valence-electron chi connectivity index (χ0n) is 15.3. The minimum Gasteiger partial charge on any atom is -0.324 e. The van der Waals surface area contributed by atoms with Crippen molar-refractivity contribution < 1.29 is 9.59 Å². The number of benzene rings is 2. The molecule has 0 aliphatic heterocycles. The van der Waals surface area contributed by atoms with Gasteiger partial charge in [0, 0.05) is 27.6 Å². The quantitative estimate of drug-likeness (QED) is 0.632. The van der Waals surface area contributed by atoms with Gasteiger partial charge < -0.3 is 10.6 Å². The molecule has 2 N–H and O–H groups in total. The standard InChI is InChI=1S/C20H18Cl2N4O2/c1-12-14(21)5-3-7-16(12)23-19(27)11-26-10-9-18(25-26)20(28)24-17-8-4-6-15(22)13(17)2/h3-10H,11H2,1-2H3,(H,23,27)(H,24,28). The van der Waals surface area contributed by atoms with E-state index in [1.54, 1.807) is 48.7 Å². The Kier molecular flexibility index (Phi) is 6.02. The molecule has 0 unspecified atom stereocenters. The van der Waals surface area contributed by atoms with Gasteiger partial charge in [-0.15, -0.1) is 0 Å². The first-order valence-corrected chi connectivity index (χ1v) is 9.25. The van der Waals surface area contributed by atoms with Crippen molar-refractivity contribution in [2.24, 2.45) is 0 Å². The van der Waals surface area contributed by atoms with Crippen molar-refractivity contribution in [2.75, 3.05) is 10.6 Å². The van der Waals surface area contributed by atoms with Crippen molar-refractivity contribution in [2.45, 2.75) is 20.4 Å². The summed E-state index contributed by atoms with van der Waals surface area (Å²) in [4.78, 5) is 24.7. The van der Waals surface area contributed by atoms with Crippen LogP contribution in [0.3, 0.4) is 0 Å². The molecule has 0 aliphatic rings. The lowest BCUT2D eigenvalue weighted by Gasteiger charge is -2.09. The van der Waals surface area contributed by atoms with Gasteiger partial charge in [-0.3, -0.25) is 14.3 Å². The fourth-order valence-electron chi connectivity index (χ4n) is 2.58. The molecule has 6 nitrogen and oxygen atoms in total. The highest BCUT2D eigenvalue weighted by Crippen LogP contribution is 2.24. The number of rotatable bonds is 5. The summed E-state index contributed by atoms with van der Waals surface area (Å²) in [5, 5.41) is 10.9. The number of carbonyl (C=O) groups is 2. The maximum absolute atomic E-state index is 12.4. The molecule has 0 saturated carbocycles. The fraction of sp³-hybridized carbons (Fsp3) is 0.150. The van der Waals surface area contributed by atoms with Crippen LogP contribution in [-0.2, 0) is 11.3 Å². The third-order valence-electron chi connectivity index (χ3n) is 4.24. The van der Waals surface area contributed by atoms with Gasteiger partial charge in [0.25, 0.3) is 5.91 Å². The third-order valence-corrected chi connectivity index (χ3v) is 5.06. The molecule has 3 aromatic rings. The lowest BCUT2D eigenvalue weighted by Crippen LogP contribution is -2.20. The van der Waals surface area contributed by atoms with Crippen LogP contribution in [0.25, 0.3) is 0 Å². The van der Waals surface area contributed by atoms with Gasteiger partial charge in [-0.25, -0.2) is 0 Å². The van der Waals surface area contributed by atoms with Crippen LogP contribution in [-0.4, -0.2) is 21.6 Å². The van der Waals surface area contributed by atoms with Gasteiger partial charge in [-0.1, -0.05) is 35.3 Å². The molecule has 0 radical (unpaired) electrons. The van der Waals surface area contributed by atoms with E-state index in [0.717, 1.165) is 11.1 Å². The summed E-state index contributed by atoms with van der Waals surface area (Å²) in [6.07, 6.45) is 1.57. The van der Waals surface area contributed by atoms with E-state index in [-0.39, 0.29) is 24.1 Å². The minimum absolute atomic E-state index is 0.0323. The number of nitrogens with zero attached hydrogens (tertiary/aromatic N) is 2. The van der Waals surface area contributed by atoms with Crippen LogP contribution in [0.5, 0.6) is 0 Å². The van der Waals surface area contributed by atoms with Crippen LogP contribution in [0.15, 0.2) is 48.7 Å². The molecule has 0 aliphatic carbocycles. The molecule has 1 heterocycles. The molecule has 2 aromatic carbocycles. The van der Waals surface area contributed by atoms with E-state index in [4.69, 9.17) is 23.2 Å². The Hall–Kier alpha value is -2.83. The second kappa shape index (κ2) is 8.46. The highest BCUT2D eigenvalue weighted by Gasteiger charge is 2.14. The molecule has 1 aromatic heterocycles. The Morgan fingerprint density at radius 2 is 1.50 bits per heavy atom. The maximum atomic E-state index is 12.4. The van der Waals surface area contributed by atoms with Gasteiger partial charge in [-0.2, -0.15) is 5.10 Å². The number of amides is 2. The van der Waals surface area contributed by atoms with Crippen molar-refractivity contribution in [3.8, 4) is 0 Å². The van der Waals surface area contributed by atoms with Crippen LogP contribution in [0.1, 0.15) is 21.6 Å². The average molecular weight is 417 g/mol. The van der Waals surface area contributed by atoms with E-state index in [1.165, 1.54) is 4.68 Å². The van der Waals surface area contributed by atoms with E-state index in [9.17, 15) is 9.59 Å². The summed E-state index contributed by atoms with van der Waals surface area (Å²) in [5.74, 6) is -0.652. The highest BCUT2D eigenvalue weighted by atomic mass is 35.5. The number of anilines is 2. The molecular weight excluding hydrogens is 399 g/mol. The number of aromatic nitrogens is 2. The van der Waals surface area contributed by atoms with E-state index in [0.29, 0.717) is 21.4 Å². The topological polar surface area (TPSA) is 76.0 Å². The molecule has 0 fully saturated rings. The smallest absolute Gasteiger partial charge is 0.276 e. The predicted octanol–water partition coefficient (Wildman–Crippen LogP) is 4.70. The summed E-state index contributed by atoms with van der Waals surface area (Å²) in [5.41, 5.74) is 3.01. The number of hydrogen-bond donors (Lipinski definition) is 2. The molecule has 2 amide bonds. The Morgan fingerprint density at radius 3 is 2.11 bits per heavy atom. The lowest BCUT2D eigenvalue weighted by molar-refractivity contribution is -0.116. The van der Waals surface area contributed by atoms with Crippen LogP contribution in [0, 0.1) is 13.8 Å².